The van der Waals surface area contributed by atoms with Gasteiger partial charge in [-0.15, -0.1) is 11.3 Å². The summed E-state index contributed by atoms with van der Waals surface area (Å²) in [6.45, 7) is 36.3. The third-order valence-electron chi connectivity index (χ3n) is 16.4. The molecule has 0 aliphatic carbocycles. The number of aromatic nitrogens is 2. The van der Waals surface area contributed by atoms with Crippen LogP contribution in [-0.2, 0) is 28.0 Å². The molecule has 12 rings (SSSR count). The molecule has 416 valence electrons. The van der Waals surface area contributed by atoms with Gasteiger partial charge in [0.05, 0.1) is 28.1 Å². The van der Waals surface area contributed by atoms with Crippen LogP contribution >= 0.6 is 11.3 Å². The molecule has 6 heteroatoms. The van der Waals surface area contributed by atoms with E-state index in [9.17, 15) is 2.74 Å². The van der Waals surface area contributed by atoms with Gasteiger partial charge in [0.15, 0.2) is 0 Å². The van der Waals surface area contributed by atoms with Crippen molar-refractivity contribution in [1.82, 2.24) is 9.55 Å². The van der Waals surface area contributed by atoms with Crippen LogP contribution in [0, 0.1) is 12.3 Å². The Morgan fingerprint density at radius 2 is 1.06 bits per heavy atom. The number of para-hydroxylation sites is 3. The maximum atomic E-state index is 9.41. The number of pyridine rings is 1. The summed E-state index contributed by atoms with van der Waals surface area (Å²) >= 11 is 1.81. The minimum absolute atomic E-state index is 0.0651. The van der Waals surface area contributed by atoms with E-state index in [2.05, 4.69) is 249 Å². The highest BCUT2D eigenvalue weighted by atomic mass is 32.1. The van der Waals surface area contributed by atoms with Crippen LogP contribution in [0.1, 0.15) is 140 Å². The van der Waals surface area contributed by atoms with E-state index in [1.807, 2.05) is 57.4 Å². The van der Waals surface area contributed by atoms with E-state index in [0.717, 1.165) is 50.2 Å². The summed E-state index contributed by atoms with van der Waals surface area (Å²) in [4.78, 5) is 10.0. The molecule has 0 spiro atoms. The standard InChI is InChI=1S/C76H80N4OS/c1-47-45-77-68(39-50(47)44-72(2,3)4)80-65-34-33-61-60-25-17-20-30-67(60)82-71(61)69(65)62-32-31-57(43-66(62)80)81-56-24-21-23-55(42-56)78-46-79(64-29-19-18-28-63(64)78)70-58(48-35-51(73(5,6)7)40-52(36-48)74(8,9)10)26-22-27-59(70)49-37-53(75(11,12)13)41-54(38-49)76(14,15)16/h17-43,45H,44,46H2,1-16H3/i44D2. The van der Waals surface area contributed by atoms with Crippen LogP contribution in [0.2, 0.25) is 0 Å². The molecule has 0 N–H and O–H groups in total. The molecule has 0 unspecified atom stereocenters. The van der Waals surface area contributed by atoms with Crippen LogP contribution in [0.15, 0.2) is 170 Å². The molecule has 0 radical (unpaired) electrons. The first-order valence-corrected chi connectivity index (χ1v) is 30.0. The fourth-order valence-electron chi connectivity index (χ4n) is 11.8. The zero-order valence-corrected chi connectivity index (χ0v) is 51.8. The normalized spacial score (nSPS) is 14.1. The van der Waals surface area contributed by atoms with E-state index in [1.54, 1.807) is 0 Å². The summed E-state index contributed by atoms with van der Waals surface area (Å²) in [6, 6.07) is 60.3. The van der Waals surface area contributed by atoms with E-state index in [4.69, 9.17) is 9.72 Å². The predicted octanol–water partition coefficient (Wildman–Crippen LogP) is 22.0. The maximum Gasteiger partial charge on any atom is 0.137 e. The molecule has 0 amide bonds. The summed E-state index contributed by atoms with van der Waals surface area (Å²) in [6.07, 6.45) is 0.208. The second-order valence-corrected chi connectivity index (χ2v) is 29.1. The topological polar surface area (TPSA) is 33.5 Å². The van der Waals surface area contributed by atoms with Crippen molar-refractivity contribution in [2.75, 3.05) is 16.5 Å². The number of anilines is 4. The van der Waals surface area contributed by atoms with Crippen LogP contribution in [-0.4, -0.2) is 16.2 Å². The Balaban J connectivity index is 0.994. The first kappa shape index (κ1) is 52.4. The molecule has 0 saturated carbocycles. The third-order valence-corrected chi connectivity index (χ3v) is 17.6. The monoisotopic (exact) mass is 1100 g/mol. The van der Waals surface area contributed by atoms with E-state index < -0.39 is 11.8 Å². The van der Waals surface area contributed by atoms with Crippen molar-refractivity contribution >= 4 is 76.1 Å². The average molecular weight is 1100 g/mol. The number of thiophene rings is 1. The predicted molar refractivity (Wildman–Crippen MR) is 354 cm³/mol. The molecule has 1 aliphatic heterocycles. The number of rotatable bonds is 8. The number of nitrogens with zero attached hydrogens (tertiary/aromatic N) is 4. The molecule has 0 fully saturated rings. The van der Waals surface area contributed by atoms with Crippen molar-refractivity contribution in [3.8, 4) is 39.6 Å². The zero-order valence-electron chi connectivity index (χ0n) is 53.0. The second kappa shape index (κ2) is 19.8. The lowest BCUT2D eigenvalue weighted by Crippen LogP contribution is -2.25. The highest BCUT2D eigenvalue weighted by Gasteiger charge is 2.33. The quantitative estimate of drug-likeness (QED) is 0.152. The first-order chi connectivity index (χ1) is 39.5. The van der Waals surface area contributed by atoms with E-state index in [-0.39, 0.29) is 21.7 Å². The Kier molecular flexibility index (Phi) is 12.6. The lowest BCUT2D eigenvalue weighted by molar-refractivity contribution is 0.410. The number of hydrogen-bond donors (Lipinski definition) is 0. The fraction of sp³-hybridized carbons (Fsp3) is 0.303. The number of hydrogen-bond acceptors (Lipinski definition) is 5. The molecular formula is C76H80N4OS. The maximum absolute atomic E-state index is 9.41. The third kappa shape index (κ3) is 10.2. The molecule has 1 aliphatic rings. The SMILES string of the molecule is [2H]C([2H])(c1cc(-n2c3cc(Oc4cccc(N5CN(c6c(-c7cc(C(C)(C)C)cc(C(C)(C)C)c7)cccc6-c6cc(C(C)(C)C)cc(C(C)(C)C)c6)c6ccccc65)c4)ccc3c3c4sc5ccccc5c4ccc32)ncc1C)C(C)(C)C. The van der Waals surface area contributed by atoms with Gasteiger partial charge < -0.3 is 14.5 Å². The molecule has 82 heavy (non-hydrogen) atoms. The van der Waals surface area contributed by atoms with Crippen LogP contribution in [0.4, 0.5) is 22.7 Å². The van der Waals surface area contributed by atoms with Crippen LogP contribution in [0.5, 0.6) is 11.5 Å². The Morgan fingerprint density at radius 3 is 1.66 bits per heavy atom. The molecule has 0 bridgehead atoms. The van der Waals surface area contributed by atoms with Gasteiger partial charge in [0.1, 0.15) is 24.0 Å². The minimum atomic E-state index is -1.62. The van der Waals surface area contributed by atoms with Gasteiger partial charge in [-0.1, -0.05) is 201 Å². The number of benzene rings is 8. The molecule has 5 nitrogen and oxygen atoms in total. The van der Waals surface area contributed by atoms with Crippen molar-refractivity contribution in [3.05, 3.63) is 203 Å². The Morgan fingerprint density at radius 1 is 0.512 bits per heavy atom. The second-order valence-electron chi connectivity index (χ2n) is 28.1. The Bertz CT molecular complexity index is 4250. The van der Waals surface area contributed by atoms with Crippen molar-refractivity contribution in [2.45, 2.75) is 139 Å². The van der Waals surface area contributed by atoms with Gasteiger partial charge in [0, 0.05) is 68.8 Å². The van der Waals surface area contributed by atoms with Crippen molar-refractivity contribution in [3.63, 3.8) is 0 Å². The van der Waals surface area contributed by atoms with Crippen molar-refractivity contribution in [1.29, 1.82) is 0 Å². The lowest BCUT2D eigenvalue weighted by Gasteiger charge is -2.31. The van der Waals surface area contributed by atoms with Gasteiger partial charge in [-0.05, 0) is 139 Å². The van der Waals surface area contributed by atoms with Crippen LogP contribution in [0.25, 0.3) is 70.0 Å². The number of ether oxygens (including phenoxy) is 1. The molecule has 0 saturated heterocycles. The lowest BCUT2D eigenvalue weighted by atomic mass is 9.77. The van der Waals surface area contributed by atoms with Crippen molar-refractivity contribution in [2.24, 2.45) is 5.41 Å². The summed E-state index contributed by atoms with van der Waals surface area (Å²) in [5.74, 6) is 2.07. The van der Waals surface area contributed by atoms with Crippen LogP contribution in [0.3, 0.4) is 0 Å². The highest BCUT2D eigenvalue weighted by Crippen LogP contribution is 2.52. The van der Waals surface area contributed by atoms with Gasteiger partial charge in [-0.25, -0.2) is 4.98 Å². The number of fused-ring (bicyclic) bond motifs is 8. The van der Waals surface area contributed by atoms with Gasteiger partial charge in [-0.3, -0.25) is 4.57 Å². The molecule has 0 atom stereocenters. The fourth-order valence-corrected chi connectivity index (χ4v) is 13.1. The zero-order chi connectivity index (χ0) is 59.8. The number of aryl methyl sites for hydroxylation is 1. The molecule has 8 aromatic carbocycles. The smallest absolute Gasteiger partial charge is 0.137 e. The van der Waals surface area contributed by atoms with E-state index in [1.165, 1.54) is 70.4 Å². The van der Waals surface area contributed by atoms with Crippen molar-refractivity contribution < 1.29 is 7.48 Å². The first-order valence-electron chi connectivity index (χ1n) is 30.2. The molecular weight excluding hydrogens is 1020 g/mol. The van der Waals surface area contributed by atoms with E-state index in [0.29, 0.717) is 23.8 Å². The van der Waals surface area contributed by atoms with Crippen LogP contribution < -0.4 is 14.5 Å². The molecule has 4 heterocycles. The Labute approximate surface area is 494 Å². The Hall–Kier alpha value is -7.67. The molecule has 3 aromatic heterocycles. The highest BCUT2D eigenvalue weighted by molar-refractivity contribution is 7.26. The van der Waals surface area contributed by atoms with Gasteiger partial charge >= 0.3 is 0 Å². The van der Waals surface area contributed by atoms with Gasteiger partial charge in [0.2, 0.25) is 0 Å². The average Bonchev–Trinajstić information content (AvgIpc) is 1.95. The van der Waals surface area contributed by atoms with E-state index >= 15 is 0 Å². The summed E-state index contributed by atoms with van der Waals surface area (Å²) in [5.41, 5.74) is 17.1. The molecule has 11 aromatic rings. The van der Waals surface area contributed by atoms with Gasteiger partial charge in [-0.2, -0.15) is 0 Å². The largest absolute Gasteiger partial charge is 0.457 e. The summed E-state index contributed by atoms with van der Waals surface area (Å²) in [7, 11) is 0. The minimum Gasteiger partial charge on any atom is -0.457 e. The summed E-state index contributed by atoms with van der Waals surface area (Å²) in [5, 5.41) is 4.69. The van der Waals surface area contributed by atoms with Gasteiger partial charge in [0.25, 0.3) is 0 Å². The summed E-state index contributed by atoms with van der Waals surface area (Å²) < 4.78 is 30.5.